The maximum absolute atomic E-state index is 12.9. The number of phenolic OH excluding ortho intramolecular Hbond substituents is 1. The second-order valence-electron chi connectivity index (χ2n) is 5.81. The summed E-state index contributed by atoms with van der Waals surface area (Å²) in [5.74, 6) is 0.276. The smallest absolute Gasteiger partial charge is 0.270 e. The van der Waals surface area contributed by atoms with Gasteiger partial charge in [-0.05, 0) is 47.9 Å². The molecule has 27 heavy (non-hydrogen) atoms. The second kappa shape index (κ2) is 8.02. The summed E-state index contributed by atoms with van der Waals surface area (Å²) in [6, 6.07) is 11.1. The van der Waals surface area contributed by atoms with Gasteiger partial charge in [-0.1, -0.05) is 43.0 Å². The van der Waals surface area contributed by atoms with Crippen LogP contribution in [-0.2, 0) is 11.2 Å². The predicted molar refractivity (Wildman–Crippen MR) is 113 cm³/mol. The van der Waals surface area contributed by atoms with Gasteiger partial charge in [0.1, 0.15) is 0 Å². The Kier molecular flexibility index (Phi) is 5.72. The fraction of sp³-hybridized carbons (Fsp3) is 0.200. The lowest BCUT2D eigenvalue weighted by Gasteiger charge is -2.14. The Bertz CT molecular complexity index is 897. The minimum atomic E-state index is -0.180. The highest BCUT2D eigenvalue weighted by Crippen LogP contribution is 2.40. The number of anilines is 1. The van der Waals surface area contributed by atoms with Gasteiger partial charge in [-0.15, -0.1) is 0 Å². The van der Waals surface area contributed by atoms with Crippen LogP contribution < -0.4 is 14.4 Å². The monoisotopic (exact) mass is 401 g/mol. The Balaban J connectivity index is 1.94. The number of carbonyl (C=O) groups excluding carboxylic acids is 1. The highest BCUT2D eigenvalue weighted by atomic mass is 32.2. The lowest BCUT2D eigenvalue weighted by atomic mass is 10.1. The van der Waals surface area contributed by atoms with Gasteiger partial charge in [0.25, 0.3) is 5.91 Å². The number of hydrogen-bond acceptors (Lipinski definition) is 6. The van der Waals surface area contributed by atoms with Crippen molar-refractivity contribution in [1.29, 1.82) is 0 Å². The summed E-state index contributed by atoms with van der Waals surface area (Å²) < 4.78 is 10.8. The summed E-state index contributed by atoms with van der Waals surface area (Å²) in [4.78, 5) is 14.9. The lowest BCUT2D eigenvalue weighted by Crippen LogP contribution is -2.27. The summed E-state index contributed by atoms with van der Waals surface area (Å²) in [5, 5.41) is 10.0. The van der Waals surface area contributed by atoms with E-state index in [4.69, 9.17) is 21.7 Å². The first-order chi connectivity index (χ1) is 13.0. The first kappa shape index (κ1) is 19.3. The number of ether oxygens (including phenoxy) is 2. The van der Waals surface area contributed by atoms with Gasteiger partial charge in [-0.25, -0.2) is 0 Å². The molecule has 0 aromatic heterocycles. The zero-order chi connectivity index (χ0) is 19.6. The molecular formula is C20H19NO4S2. The predicted octanol–water partition coefficient (Wildman–Crippen LogP) is 4.38. The first-order valence-corrected chi connectivity index (χ1v) is 9.52. The van der Waals surface area contributed by atoms with E-state index in [9.17, 15) is 9.90 Å². The third-order valence-electron chi connectivity index (χ3n) is 4.20. The largest absolute Gasteiger partial charge is 0.502 e. The number of aryl methyl sites for hydroxylation is 1. The Morgan fingerprint density at radius 1 is 1.15 bits per heavy atom. The van der Waals surface area contributed by atoms with E-state index in [0.717, 1.165) is 12.1 Å². The van der Waals surface area contributed by atoms with Crippen molar-refractivity contribution in [2.45, 2.75) is 13.3 Å². The number of rotatable bonds is 5. The minimum Gasteiger partial charge on any atom is -0.502 e. The van der Waals surface area contributed by atoms with E-state index in [2.05, 4.69) is 6.92 Å². The summed E-state index contributed by atoms with van der Waals surface area (Å²) in [5.41, 5.74) is 2.62. The van der Waals surface area contributed by atoms with Crippen LogP contribution in [0.3, 0.4) is 0 Å². The molecule has 0 aliphatic carbocycles. The molecular weight excluding hydrogens is 382 g/mol. The Morgan fingerprint density at radius 2 is 1.74 bits per heavy atom. The van der Waals surface area contributed by atoms with E-state index in [1.54, 1.807) is 18.2 Å². The van der Waals surface area contributed by atoms with E-state index >= 15 is 0 Å². The molecule has 2 aromatic rings. The van der Waals surface area contributed by atoms with Crippen molar-refractivity contribution in [1.82, 2.24) is 0 Å². The summed E-state index contributed by atoms with van der Waals surface area (Å²) in [7, 11) is 2.91. The van der Waals surface area contributed by atoms with Gasteiger partial charge in [-0.2, -0.15) is 0 Å². The van der Waals surface area contributed by atoms with Gasteiger partial charge >= 0.3 is 0 Å². The number of aromatic hydroxyl groups is 1. The summed E-state index contributed by atoms with van der Waals surface area (Å²) in [6.45, 7) is 2.08. The number of thioether (sulfide) groups is 1. The van der Waals surface area contributed by atoms with E-state index in [1.807, 2.05) is 24.3 Å². The molecule has 1 saturated heterocycles. The third kappa shape index (κ3) is 3.79. The molecule has 140 valence electrons. The maximum Gasteiger partial charge on any atom is 0.270 e. The molecule has 1 N–H and O–H groups in total. The van der Waals surface area contributed by atoms with Gasteiger partial charge in [0.2, 0.25) is 5.75 Å². The molecule has 0 unspecified atom stereocenters. The molecule has 1 aliphatic rings. The SMILES string of the molecule is CCc1ccc(N2C(=O)/C(=C\c3cc(OC)c(O)c(OC)c3)SC2=S)cc1. The van der Waals surface area contributed by atoms with Crippen LogP contribution in [0, 0.1) is 0 Å². The molecule has 1 amide bonds. The van der Waals surface area contributed by atoms with Crippen molar-refractivity contribution in [3.05, 3.63) is 52.4 Å². The van der Waals surface area contributed by atoms with E-state index in [1.165, 1.54) is 36.4 Å². The minimum absolute atomic E-state index is 0.0827. The van der Waals surface area contributed by atoms with Crippen LogP contribution in [0.25, 0.3) is 6.08 Å². The molecule has 0 atom stereocenters. The maximum atomic E-state index is 12.9. The fourth-order valence-corrected chi connectivity index (χ4v) is 4.02. The molecule has 1 fully saturated rings. The second-order valence-corrected chi connectivity index (χ2v) is 7.49. The quantitative estimate of drug-likeness (QED) is 0.593. The van der Waals surface area contributed by atoms with Crippen molar-refractivity contribution < 1.29 is 19.4 Å². The number of phenols is 1. The lowest BCUT2D eigenvalue weighted by molar-refractivity contribution is -0.113. The highest BCUT2D eigenvalue weighted by Gasteiger charge is 2.33. The Morgan fingerprint density at radius 3 is 2.26 bits per heavy atom. The topological polar surface area (TPSA) is 59.0 Å². The average Bonchev–Trinajstić information content (AvgIpc) is 2.96. The molecule has 0 saturated carbocycles. The molecule has 5 nitrogen and oxygen atoms in total. The van der Waals surface area contributed by atoms with Gasteiger partial charge in [0.15, 0.2) is 15.8 Å². The molecule has 7 heteroatoms. The van der Waals surface area contributed by atoms with E-state index < -0.39 is 0 Å². The number of nitrogens with zero attached hydrogens (tertiary/aromatic N) is 1. The summed E-state index contributed by atoms with van der Waals surface area (Å²) >= 11 is 6.65. The van der Waals surface area contributed by atoms with Crippen LogP contribution in [0.1, 0.15) is 18.1 Å². The molecule has 1 aliphatic heterocycles. The normalized spacial score (nSPS) is 15.5. The van der Waals surface area contributed by atoms with Gasteiger partial charge in [-0.3, -0.25) is 9.69 Å². The van der Waals surface area contributed by atoms with Crippen molar-refractivity contribution in [2.75, 3.05) is 19.1 Å². The number of thiocarbonyl (C=S) groups is 1. The van der Waals surface area contributed by atoms with E-state index in [0.29, 0.717) is 14.8 Å². The molecule has 3 rings (SSSR count). The van der Waals surface area contributed by atoms with Crippen LogP contribution in [0.15, 0.2) is 41.3 Å². The van der Waals surface area contributed by atoms with Crippen LogP contribution in [0.4, 0.5) is 5.69 Å². The van der Waals surface area contributed by atoms with Gasteiger partial charge in [0.05, 0.1) is 24.8 Å². The molecule has 0 bridgehead atoms. The van der Waals surface area contributed by atoms with E-state index in [-0.39, 0.29) is 23.2 Å². The zero-order valence-corrected chi connectivity index (χ0v) is 16.8. The van der Waals surface area contributed by atoms with Crippen LogP contribution >= 0.6 is 24.0 Å². The summed E-state index contributed by atoms with van der Waals surface area (Å²) in [6.07, 6.45) is 2.65. The first-order valence-electron chi connectivity index (χ1n) is 8.30. The number of benzene rings is 2. The number of carbonyl (C=O) groups is 1. The molecule has 0 spiro atoms. The third-order valence-corrected chi connectivity index (χ3v) is 5.50. The van der Waals surface area contributed by atoms with Crippen LogP contribution in [0.5, 0.6) is 17.2 Å². The standard InChI is InChI=1S/C20H19NO4S2/c1-4-12-5-7-14(8-6-12)21-19(23)17(27-20(21)26)11-13-9-15(24-2)18(22)16(10-13)25-3/h5-11,22H,4H2,1-3H3/b17-11+. The van der Waals surface area contributed by atoms with Crippen LogP contribution in [-0.4, -0.2) is 29.6 Å². The van der Waals surface area contributed by atoms with Crippen molar-refractivity contribution in [2.24, 2.45) is 0 Å². The number of methoxy groups -OCH3 is 2. The average molecular weight is 402 g/mol. The van der Waals surface area contributed by atoms with Crippen molar-refractivity contribution >= 4 is 46.0 Å². The van der Waals surface area contributed by atoms with Crippen LogP contribution in [0.2, 0.25) is 0 Å². The number of amides is 1. The van der Waals surface area contributed by atoms with Gasteiger partial charge < -0.3 is 14.6 Å². The fourth-order valence-electron chi connectivity index (χ4n) is 2.72. The number of hydrogen-bond donors (Lipinski definition) is 1. The Labute approximate surface area is 167 Å². The molecule has 0 radical (unpaired) electrons. The highest BCUT2D eigenvalue weighted by molar-refractivity contribution is 8.27. The molecule has 2 aromatic carbocycles. The zero-order valence-electron chi connectivity index (χ0n) is 15.2. The van der Waals surface area contributed by atoms with Crippen molar-refractivity contribution in [3.8, 4) is 17.2 Å². The molecule has 1 heterocycles. The van der Waals surface area contributed by atoms with Crippen molar-refractivity contribution in [3.63, 3.8) is 0 Å². The Hall–Kier alpha value is -2.51. The van der Waals surface area contributed by atoms with Gasteiger partial charge in [0, 0.05) is 0 Å².